The Kier molecular flexibility index (Phi) is 5.27. The molecule has 21 heavy (non-hydrogen) atoms. The number of anilines is 1. The van der Waals surface area contributed by atoms with Gasteiger partial charge in [-0.05, 0) is 30.5 Å². The van der Waals surface area contributed by atoms with Gasteiger partial charge in [0.1, 0.15) is 5.78 Å². The molecule has 1 N–H and O–H groups in total. The molecule has 0 aliphatic rings. The Morgan fingerprint density at radius 3 is 2.33 bits per heavy atom. The van der Waals surface area contributed by atoms with Gasteiger partial charge >= 0.3 is 0 Å². The molecule has 2 rings (SSSR count). The van der Waals surface area contributed by atoms with Gasteiger partial charge in [0.25, 0.3) is 0 Å². The zero-order valence-corrected chi connectivity index (χ0v) is 12.1. The van der Waals surface area contributed by atoms with Crippen LogP contribution in [0.4, 0.5) is 5.69 Å². The molecule has 2 aromatic rings. The highest BCUT2D eigenvalue weighted by Gasteiger charge is 2.08. The van der Waals surface area contributed by atoms with Gasteiger partial charge < -0.3 is 10.1 Å². The summed E-state index contributed by atoms with van der Waals surface area (Å²) >= 11 is 0. The lowest BCUT2D eigenvalue weighted by Gasteiger charge is -2.10. The normalized spacial score (nSPS) is 10.1. The molecule has 0 saturated carbocycles. The number of para-hydroxylation sites is 1. The second-order valence-corrected chi connectivity index (χ2v) is 5.07. The highest BCUT2D eigenvalue weighted by Crippen LogP contribution is 2.17. The van der Waals surface area contributed by atoms with Gasteiger partial charge in [-0.25, -0.2) is 0 Å². The van der Waals surface area contributed by atoms with Gasteiger partial charge in [0.05, 0.1) is 6.42 Å². The number of Topliss-reactive ketones (excluding diaryl/α,β-unsaturated/α-hetero) is 1. The van der Waals surface area contributed by atoms with Gasteiger partial charge in [0, 0.05) is 12.1 Å². The number of ketones is 1. The molecule has 0 saturated heterocycles. The minimum atomic E-state index is -0.0449. The smallest absolute Gasteiger partial charge is 0.228 e. The first-order chi connectivity index (χ1) is 10.1. The summed E-state index contributed by atoms with van der Waals surface area (Å²) < 4.78 is 0. The lowest BCUT2D eigenvalue weighted by molar-refractivity contribution is -0.117. The standard InChI is InChI=1S/C18H19NO2/c1-14(20)11-12-16-9-5-6-10-17(16)19-18(21)13-15-7-3-2-4-8-15/h2-10H,11-13H2,1H3,(H,19,21). The van der Waals surface area contributed by atoms with E-state index in [0.717, 1.165) is 16.8 Å². The Hall–Kier alpha value is -2.42. The fourth-order valence-electron chi connectivity index (χ4n) is 2.15. The number of carbonyl (C=O) groups is 2. The summed E-state index contributed by atoms with van der Waals surface area (Å²) in [6.45, 7) is 1.58. The molecule has 0 heterocycles. The largest absolute Gasteiger partial charge is 0.326 e. The summed E-state index contributed by atoms with van der Waals surface area (Å²) in [4.78, 5) is 23.2. The molecular formula is C18H19NO2. The molecule has 0 unspecified atom stereocenters. The van der Waals surface area contributed by atoms with E-state index in [1.807, 2.05) is 54.6 Å². The highest BCUT2D eigenvalue weighted by atomic mass is 16.1. The number of amides is 1. The van der Waals surface area contributed by atoms with Gasteiger partial charge in [-0.15, -0.1) is 0 Å². The van der Waals surface area contributed by atoms with Crippen LogP contribution in [-0.2, 0) is 22.4 Å². The summed E-state index contributed by atoms with van der Waals surface area (Å²) in [7, 11) is 0. The molecule has 3 heteroatoms. The molecule has 0 spiro atoms. The van der Waals surface area contributed by atoms with Crippen molar-refractivity contribution in [3.63, 3.8) is 0 Å². The average Bonchev–Trinajstić information content (AvgIpc) is 2.47. The van der Waals surface area contributed by atoms with E-state index in [9.17, 15) is 9.59 Å². The number of rotatable bonds is 6. The molecule has 1 amide bonds. The van der Waals surface area contributed by atoms with E-state index in [2.05, 4.69) is 5.32 Å². The first-order valence-electron chi connectivity index (χ1n) is 7.06. The Morgan fingerprint density at radius 1 is 0.952 bits per heavy atom. The minimum absolute atomic E-state index is 0.0449. The van der Waals surface area contributed by atoms with Gasteiger partial charge in [-0.3, -0.25) is 4.79 Å². The van der Waals surface area contributed by atoms with E-state index in [-0.39, 0.29) is 11.7 Å². The number of carbonyl (C=O) groups excluding carboxylic acids is 2. The van der Waals surface area contributed by atoms with E-state index in [1.54, 1.807) is 6.92 Å². The van der Waals surface area contributed by atoms with Crippen molar-refractivity contribution in [2.75, 3.05) is 5.32 Å². The molecule has 3 nitrogen and oxygen atoms in total. The van der Waals surface area contributed by atoms with Crippen molar-refractivity contribution in [2.24, 2.45) is 0 Å². The van der Waals surface area contributed by atoms with Crippen LogP contribution in [-0.4, -0.2) is 11.7 Å². The quantitative estimate of drug-likeness (QED) is 0.882. The molecule has 0 atom stereocenters. The Bertz CT molecular complexity index is 620. The second kappa shape index (κ2) is 7.39. The van der Waals surface area contributed by atoms with Gasteiger partial charge in [-0.1, -0.05) is 48.5 Å². The van der Waals surface area contributed by atoms with Gasteiger partial charge in [0.15, 0.2) is 0 Å². The maximum Gasteiger partial charge on any atom is 0.228 e. The van der Waals surface area contributed by atoms with E-state index in [0.29, 0.717) is 19.3 Å². The zero-order valence-electron chi connectivity index (χ0n) is 12.1. The molecule has 0 aliphatic carbocycles. The molecule has 108 valence electrons. The number of hydrogen-bond acceptors (Lipinski definition) is 2. The van der Waals surface area contributed by atoms with Crippen molar-refractivity contribution in [2.45, 2.75) is 26.2 Å². The van der Waals surface area contributed by atoms with Gasteiger partial charge in [0.2, 0.25) is 5.91 Å². The maximum absolute atomic E-state index is 12.1. The van der Waals surface area contributed by atoms with Crippen LogP contribution in [0.5, 0.6) is 0 Å². The molecule has 0 bridgehead atoms. The third kappa shape index (κ3) is 4.88. The molecule has 0 radical (unpaired) electrons. The topological polar surface area (TPSA) is 46.2 Å². The first-order valence-corrected chi connectivity index (χ1v) is 7.06. The van der Waals surface area contributed by atoms with Crippen LogP contribution in [0.2, 0.25) is 0 Å². The van der Waals surface area contributed by atoms with Gasteiger partial charge in [-0.2, -0.15) is 0 Å². The van der Waals surface area contributed by atoms with Crippen molar-refractivity contribution in [3.8, 4) is 0 Å². The number of benzene rings is 2. The molecule has 0 aromatic heterocycles. The molecule has 0 fully saturated rings. The minimum Gasteiger partial charge on any atom is -0.326 e. The fourth-order valence-corrected chi connectivity index (χ4v) is 2.15. The molecule has 0 aliphatic heterocycles. The van der Waals surface area contributed by atoms with Crippen LogP contribution >= 0.6 is 0 Å². The molecular weight excluding hydrogens is 262 g/mol. The van der Waals surface area contributed by atoms with E-state index >= 15 is 0 Å². The van der Waals surface area contributed by atoms with E-state index < -0.39 is 0 Å². The number of nitrogens with one attached hydrogen (secondary N) is 1. The van der Waals surface area contributed by atoms with Crippen molar-refractivity contribution in [1.82, 2.24) is 0 Å². The zero-order chi connectivity index (χ0) is 15.1. The summed E-state index contributed by atoms with van der Waals surface area (Å²) in [5, 5.41) is 2.93. The SMILES string of the molecule is CC(=O)CCc1ccccc1NC(=O)Cc1ccccc1. The summed E-state index contributed by atoms with van der Waals surface area (Å²) in [5.74, 6) is 0.108. The van der Waals surface area contributed by atoms with Crippen molar-refractivity contribution >= 4 is 17.4 Å². The Balaban J connectivity index is 2.01. The third-order valence-corrected chi connectivity index (χ3v) is 3.25. The lowest BCUT2D eigenvalue weighted by Crippen LogP contribution is -2.15. The average molecular weight is 281 g/mol. The van der Waals surface area contributed by atoms with Crippen molar-refractivity contribution in [3.05, 3.63) is 65.7 Å². The maximum atomic E-state index is 12.1. The van der Waals surface area contributed by atoms with E-state index in [4.69, 9.17) is 0 Å². The van der Waals surface area contributed by atoms with Crippen LogP contribution in [0.3, 0.4) is 0 Å². The number of aryl methyl sites for hydroxylation is 1. The van der Waals surface area contributed by atoms with Crippen LogP contribution in [0.15, 0.2) is 54.6 Å². The predicted octanol–water partition coefficient (Wildman–Crippen LogP) is 3.39. The summed E-state index contributed by atoms with van der Waals surface area (Å²) in [6.07, 6.45) is 1.49. The highest BCUT2D eigenvalue weighted by molar-refractivity contribution is 5.93. The Morgan fingerprint density at radius 2 is 1.62 bits per heavy atom. The molecule has 2 aromatic carbocycles. The summed E-state index contributed by atoms with van der Waals surface area (Å²) in [6, 6.07) is 17.3. The van der Waals surface area contributed by atoms with Crippen LogP contribution in [0.25, 0.3) is 0 Å². The van der Waals surface area contributed by atoms with E-state index in [1.165, 1.54) is 0 Å². The van der Waals surface area contributed by atoms with Crippen molar-refractivity contribution < 1.29 is 9.59 Å². The summed E-state index contributed by atoms with van der Waals surface area (Å²) in [5.41, 5.74) is 2.77. The Labute approximate surface area is 125 Å². The third-order valence-electron chi connectivity index (χ3n) is 3.25. The predicted molar refractivity (Wildman–Crippen MR) is 84.2 cm³/mol. The second-order valence-electron chi connectivity index (χ2n) is 5.07. The van der Waals surface area contributed by atoms with Crippen LogP contribution in [0.1, 0.15) is 24.5 Å². The first kappa shape index (κ1) is 15.0. The fraction of sp³-hybridized carbons (Fsp3) is 0.222. The monoisotopic (exact) mass is 281 g/mol. The number of hydrogen-bond donors (Lipinski definition) is 1. The van der Waals surface area contributed by atoms with Crippen LogP contribution < -0.4 is 5.32 Å². The van der Waals surface area contributed by atoms with Crippen molar-refractivity contribution in [1.29, 1.82) is 0 Å². The lowest BCUT2D eigenvalue weighted by atomic mass is 10.1. The van der Waals surface area contributed by atoms with Crippen LogP contribution in [0, 0.1) is 0 Å².